The third-order valence-electron chi connectivity index (χ3n) is 2.18. The molecule has 1 aliphatic rings. The number of aromatic carboxylic acids is 1. The number of carbonyl (C=O) groups is 1. The van der Waals surface area contributed by atoms with Crippen molar-refractivity contribution in [1.29, 1.82) is 0 Å². The number of fused-ring (bicyclic) bond motifs is 1. The Kier molecular flexibility index (Phi) is 1.82. The SMILES string of the molecule is N[C@@H]1COc2c(C(=O)O)ccc(O)c21. The Morgan fingerprint density at radius 3 is 2.93 bits per heavy atom. The van der Waals surface area contributed by atoms with Crippen LogP contribution in [0.1, 0.15) is 22.0 Å². The lowest BCUT2D eigenvalue weighted by Crippen LogP contribution is -2.10. The maximum absolute atomic E-state index is 10.8. The van der Waals surface area contributed by atoms with Gasteiger partial charge in [-0.15, -0.1) is 0 Å². The van der Waals surface area contributed by atoms with Crippen molar-refractivity contribution in [3.8, 4) is 11.5 Å². The number of carboxylic acid groups (broad SMARTS) is 1. The van der Waals surface area contributed by atoms with E-state index in [-0.39, 0.29) is 23.7 Å². The Morgan fingerprint density at radius 2 is 2.29 bits per heavy atom. The van der Waals surface area contributed by atoms with Crippen molar-refractivity contribution in [3.05, 3.63) is 23.3 Å². The molecular formula is C9H9NO4. The maximum atomic E-state index is 10.8. The molecule has 74 valence electrons. The molecule has 2 rings (SSSR count). The van der Waals surface area contributed by atoms with E-state index in [9.17, 15) is 9.90 Å². The highest BCUT2D eigenvalue weighted by Gasteiger charge is 2.29. The smallest absolute Gasteiger partial charge is 0.339 e. The predicted molar refractivity (Wildman–Crippen MR) is 47.5 cm³/mol. The summed E-state index contributed by atoms with van der Waals surface area (Å²) in [5, 5.41) is 18.3. The Morgan fingerprint density at radius 1 is 1.57 bits per heavy atom. The van der Waals surface area contributed by atoms with Crippen LogP contribution in [-0.4, -0.2) is 22.8 Å². The molecule has 1 aromatic rings. The zero-order chi connectivity index (χ0) is 10.3. The number of hydrogen-bond acceptors (Lipinski definition) is 4. The van der Waals surface area contributed by atoms with E-state index in [0.29, 0.717) is 5.56 Å². The topological polar surface area (TPSA) is 92.8 Å². The molecular weight excluding hydrogens is 186 g/mol. The van der Waals surface area contributed by atoms with Gasteiger partial charge < -0.3 is 20.7 Å². The minimum Gasteiger partial charge on any atom is -0.507 e. The minimum absolute atomic E-state index is 0.0185. The summed E-state index contributed by atoms with van der Waals surface area (Å²) in [5.41, 5.74) is 6.05. The molecule has 1 aromatic carbocycles. The van der Waals surface area contributed by atoms with E-state index in [4.69, 9.17) is 15.6 Å². The molecule has 0 aromatic heterocycles. The van der Waals surface area contributed by atoms with E-state index in [1.165, 1.54) is 12.1 Å². The molecule has 0 spiro atoms. The van der Waals surface area contributed by atoms with Crippen LogP contribution in [0.25, 0.3) is 0 Å². The quantitative estimate of drug-likeness (QED) is 0.606. The highest BCUT2D eigenvalue weighted by molar-refractivity contribution is 5.92. The fourth-order valence-corrected chi connectivity index (χ4v) is 1.53. The molecule has 0 saturated carbocycles. The van der Waals surface area contributed by atoms with E-state index in [1.807, 2.05) is 0 Å². The summed E-state index contributed by atoms with van der Waals surface area (Å²) < 4.78 is 5.12. The molecule has 1 heterocycles. The van der Waals surface area contributed by atoms with Gasteiger partial charge in [-0.25, -0.2) is 4.79 Å². The number of aromatic hydroxyl groups is 1. The number of benzene rings is 1. The summed E-state index contributed by atoms with van der Waals surface area (Å²) >= 11 is 0. The van der Waals surface area contributed by atoms with Gasteiger partial charge in [0.05, 0.1) is 11.6 Å². The molecule has 1 atom stereocenters. The molecule has 0 amide bonds. The molecule has 0 aliphatic carbocycles. The Bertz CT molecular complexity index is 402. The summed E-state index contributed by atoms with van der Waals surface area (Å²) in [6.07, 6.45) is 0. The van der Waals surface area contributed by atoms with Gasteiger partial charge >= 0.3 is 5.97 Å². The average Bonchev–Trinajstić information content (AvgIpc) is 2.49. The van der Waals surface area contributed by atoms with Crippen LogP contribution in [0.2, 0.25) is 0 Å². The summed E-state index contributed by atoms with van der Waals surface area (Å²) in [6, 6.07) is 2.16. The maximum Gasteiger partial charge on any atom is 0.339 e. The van der Waals surface area contributed by atoms with E-state index in [0.717, 1.165) is 0 Å². The van der Waals surface area contributed by atoms with E-state index >= 15 is 0 Å². The third kappa shape index (κ3) is 1.10. The van der Waals surface area contributed by atoms with E-state index in [1.54, 1.807) is 0 Å². The minimum atomic E-state index is -1.09. The van der Waals surface area contributed by atoms with Gasteiger partial charge in [0.25, 0.3) is 0 Å². The first-order chi connectivity index (χ1) is 6.61. The second kappa shape index (κ2) is 2.88. The van der Waals surface area contributed by atoms with Gasteiger partial charge in [-0.1, -0.05) is 0 Å². The summed E-state index contributed by atoms with van der Waals surface area (Å²) in [6.45, 7) is 0.202. The fraction of sp³-hybridized carbons (Fsp3) is 0.222. The Balaban J connectivity index is 2.64. The molecule has 1 aliphatic heterocycles. The first-order valence-electron chi connectivity index (χ1n) is 4.09. The summed E-state index contributed by atoms with van der Waals surface area (Å²) in [7, 11) is 0. The lowest BCUT2D eigenvalue weighted by molar-refractivity contribution is 0.0693. The van der Waals surface area contributed by atoms with Gasteiger partial charge in [-0.2, -0.15) is 0 Å². The molecule has 5 heteroatoms. The number of phenols is 1. The molecule has 14 heavy (non-hydrogen) atoms. The van der Waals surface area contributed by atoms with Crippen molar-refractivity contribution in [2.45, 2.75) is 6.04 Å². The number of phenolic OH excluding ortho intramolecular Hbond substituents is 1. The highest BCUT2D eigenvalue weighted by Crippen LogP contribution is 2.40. The number of ether oxygens (including phenoxy) is 1. The first-order valence-corrected chi connectivity index (χ1v) is 4.09. The van der Waals surface area contributed by atoms with Crippen LogP contribution in [0, 0.1) is 0 Å². The van der Waals surface area contributed by atoms with Crippen LogP contribution in [0.15, 0.2) is 12.1 Å². The molecule has 5 nitrogen and oxygen atoms in total. The second-order valence-corrected chi connectivity index (χ2v) is 3.10. The molecule has 0 fully saturated rings. The standard InChI is InChI=1S/C9H9NO4/c10-5-3-14-8-4(9(12)13)1-2-6(11)7(5)8/h1-2,5,11H,3,10H2,(H,12,13)/t5-/m1/s1. The van der Waals surface area contributed by atoms with Crippen LogP contribution >= 0.6 is 0 Å². The Hall–Kier alpha value is -1.75. The van der Waals surface area contributed by atoms with Crippen LogP contribution in [0.5, 0.6) is 11.5 Å². The number of carboxylic acids is 1. The second-order valence-electron chi connectivity index (χ2n) is 3.10. The fourth-order valence-electron chi connectivity index (χ4n) is 1.53. The zero-order valence-corrected chi connectivity index (χ0v) is 7.23. The van der Waals surface area contributed by atoms with Gasteiger partial charge in [-0.05, 0) is 12.1 Å². The van der Waals surface area contributed by atoms with Crippen molar-refractivity contribution >= 4 is 5.97 Å². The van der Waals surface area contributed by atoms with Gasteiger partial charge in [-0.3, -0.25) is 0 Å². The van der Waals surface area contributed by atoms with Gasteiger partial charge in [0.2, 0.25) is 0 Å². The van der Waals surface area contributed by atoms with Crippen LogP contribution in [0.3, 0.4) is 0 Å². The van der Waals surface area contributed by atoms with Crippen molar-refractivity contribution in [1.82, 2.24) is 0 Å². The van der Waals surface area contributed by atoms with E-state index < -0.39 is 12.0 Å². The van der Waals surface area contributed by atoms with Crippen molar-refractivity contribution in [2.75, 3.05) is 6.61 Å². The monoisotopic (exact) mass is 195 g/mol. The van der Waals surface area contributed by atoms with Gasteiger partial charge in [0.15, 0.2) is 0 Å². The lowest BCUT2D eigenvalue weighted by atomic mass is 10.0. The van der Waals surface area contributed by atoms with E-state index in [2.05, 4.69) is 0 Å². The highest BCUT2D eigenvalue weighted by atomic mass is 16.5. The molecule has 0 unspecified atom stereocenters. The lowest BCUT2D eigenvalue weighted by Gasteiger charge is -2.05. The van der Waals surface area contributed by atoms with Crippen LogP contribution in [-0.2, 0) is 0 Å². The first kappa shape index (κ1) is 8.83. The van der Waals surface area contributed by atoms with Crippen molar-refractivity contribution < 1.29 is 19.7 Å². The van der Waals surface area contributed by atoms with Gasteiger partial charge in [0.1, 0.15) is 23.7 Å². The molecule has 0 radical (unpaired) electrons. The third-order valence-corrected chi connectivity index (χ3v) is 2.18. The number of rotatable bonds is 1. The average molecular weight is 195 g/mol. The predicted octanol–water partition coefficient (Wildman–Crippen LogP) is 0.483. The zero-order valence-electron chi connectivity index (χ0n) is 7.23. The Labute approximate surface area is 79.7 Å². The summed E-state index contributed by atoms with van der Waals surface area (Å²) in [4.78, 5) is 10.8. The van der Waals surface area contributed by atoms with Crippen LogP contribution in [0.4, 0.5) is 0 Å². The molecule has 0 saturated heterocycles. The number of nitrogens with two attached hydrogens (primary N) is 1. The molecule has 4 N–H and O–H groups in total. The largest absolute Gasteiger partial charge is 0.507 e. The number of hydrogen-bond donors (Lipinski definition) is 3. The van der Waals surface area contributed by atoms with Crippen LogP contribution < -0.4 is 10.5 Å². The van der Waals surface area contributed by atoms with Crippen molar-refractivity contribution in [3.63, 3.8) is 0 Å². The summed E-state index contributed by atoms with van der Waals surface area (Å²) in [5.74, 6) is -0.921. The van der Waals surface area contributed by atoms with Crippen molar-refractivity contribution in [2.24, 2.45) is 5.73 Å². The molecule has 0 bridgehead atoms. The normalized spacial score (nSPS) is 18.8. The van der Waals surface area contributed by atoms with Gasteiger partial charge in [0, 0.05) is 0 Å².